The number of thiol groups is 2. The number of fused-ring (bicyclic) bond motifs is 10. The molecule has 0 radical (unpaired) electrons. The van der Waals surface area contributed by atoms with Gasteiger partial charge < -0.3 is 5.11 Å². The summed E-state index contributed by atoms with van der Waals surface area (Å²) < 4.78 is 0. The maximum Gasteiger partial charge on any atom is 0.0577 e. The molecule has 17 atom stereocenters. The van der Waals surface area contributed by atoms with Crippen LogP contribution in [0, 0.1) is 92.7 Å². The minimum atomic E-state index is -0.0934. The zero-order valence-electron chi connectivity index (χ0n) is 39.0. The summed E-state index contributed by atoms with van der Waals surface area (Å²) in [4.78, 5) is 0. The van der Waals surface area contributed by atoms with Crippen LogP contribution < -0.4 is 0 Å². The van der Waals surface area contributed by atoms with Gasteiger partial charge in [-0.25, -0.2) is 0 Å². The molecule has 1 nitrogen and oxygen atoms in total. The van der Waals surface area contributed by atoms with Gasteiger partial charge in [0.1, 0.15) is 0 Å². The number of rotatable bonds is 10. The first-order valence-electron chi connectivity index (χ1n) is 25.4. The molecule has 0 aromatic heterocycles. The van der Waals surface area contributed by atoms with Gasteiger partial charge in [0, 0.05) is 10.5 Å². The van der Waals surface area contributed by atoms with Crippen molar-refractivity contribution in [3.8, 4) is 0 Å². The van der Waals surface area contributed by atoms with Crippen molar-refractivity contribution < 1.29 is 5.11 Å². The molecule has 0 bridgehead atoms. The van der Waals surface area contributed by atoms with Crippen LogP contribution in [0.1, 0.15) is 204 Å². The Bertz CT molecular complexity index is 1430. The minimum Gasteiger partial charge on any atom is -0.393 e. The number of aliphatic hydroxyl groups is 1. The Kier molecular flexibility index (Phi) is 14.0. The standard InChI is InChI=1S/C27H46OS.C27H46S/c1-17(2)7-6-8-18(3)25-24(29)16-23-21-10-9-19-15-20(28)11-13-26(19,4)22(21)12-14-27(23,25)5;1-18(2)7-6-8-19(3)23-11-12-24-22-10-9-20-17-21(28)13-15-26(20,4)25(22)14-16-27(23,24)5/h9,17-18,20-25,28-29H,6-8,10-16H2,1-5H3;9,18-19,21-25,28H,6-8,10-17H2,1-5H3/t18-,20+,21-,22+,23+,24?,25+,26+,27+;19-,21+,22+,23-,24+,25+,26+,27-/m11/s1. The average molecular weight is 821 g/mol. The summed E-state index contributed by atoms with van der Waals surface area (Å²) >= 11 is 10.1. The van der Waals surface area contributed by atoms with E-state index in [4.69, 9.17) is 25.3 Å². The third-order valence-electron chi connectivity index (χ3n) is 20.5. The predicted molar refractivity (Wildman–Crippen MR) is 253 cm³/mol. The van der Waals surface area contributed by atoms with E-state index < -0.39 is 0 Å². The van der Waals surface area contributed by atoms with Crippen LogP contribution in [0.15, 0.2) is 23.3 Å². The fraction of sp³-hybridized carbons (Fsp3) is 0.926. The monoisotopic (exact) mass is 821 g/mol. The molecular weight excluding hydrogens is 729 g/mol. The molecule has 0 aromatic rings. The largest absolute Gasteiger partial charge is 0.393 e. The van der Waals surface area contributed by atoms with Crippen molar-refractivity contribution in [1.82, 2.24) is 0 Å². The molecule has 6 fully saturated rings. The van der Waals surface area contributed by atoms with Gasteiger partial charge in [0.15, 0.2) is 0 Å². The highest BCUT2D eigenvalue weighted by Gasteiger charge is 2.62. The molecule has 0 aromatic carbocycles. The zero-order valence-corrected chi connectivity index (χ0v) is 40.8. The van der Waals surface area contributed by atoms with E-state index in [1.807, 2.05) is 0 Å². The highest BCUT2D eigenvalue weighted by molar-refractivity contribution is 7.81. The third kappa shape index (κ3) is 8.50. The maximum absolute atomic E-state index is 10.2. The van der Waals surface area contributed by atoms with Gasteiger partial charge in [-0.2, -0.15) is 25.3 Å². The quantitative estimate of drug-likeness (QED) is 0.148. The van der Waals surface area contributed by atoms with E-state index in [2.05, 4.69) is 81.4 Å². The summed E-state index contributed by atoms with van der Waals surface area (Å²) in [5.74, 6) is 10.7. The molecule has 0 aliphatic heterocycles. The summed E-state index contributed by atoms with van der Waals surface area (Å²) in [6.45, 7) is 25.2. The Morgan fingerprint density at radius 2 is 1.14 bits per heavy atom. The molecule has 8 aliphatic rings. The molecule has 326 valence electrons. The van der Waals surface area contributed by atoms with Crippen LogP contribution in [0.25, 0.3) is 0 Å². The van der Waals surface area contributed by atoms with E-state index in [0.717, 1.165) is 83.9 Å². The van der Waals surface area contributed by atoms with Gasteiger partial charge >= 0.3 is 0 Å². The van der Waals surface area contributed by atoms with Crippen molar-refractivity contribution in [3.05, 3.63) is 23.3 Å². The Morgan fingerprint density at radius 1 is 0.596 bits per heavy atom. The van der Waals surface area contributed by atoms with E-state index in [0.29, 0.717) is 32.2 Å². The molecular formula is C54H92OS2. The Balaban J connectivity index is 0.000000174. The Morgan fingerprint density at radius 3 is 1.75 bits per heavy atom. The summed E-state index contributed by atoms with van der Waals surface area (Å²) in [5, 5.41) is 11.4. The van der Waals surface area contributed by atoms with Crippen molar-refractivity contribution >= 4 is 25.3 Å². The van der Waals surface area contributed by atoms with Crippen molar-refractivity contribution in [2.45, 2.75) is 221 Å². The van der Waals surface area contributed by atoms with E-state index in [-0.39, 0.29) is 6.10 Å². The van der Waals surface area contributed by atoms with Crippen LogP contribution in [0.5, 0.6) is 0 Å². The first-order chi connectivity index (χ1) is 26.9. The molecule has 1 unspecified atom stereocenters. The summed E-state index contributed by atoms with van der Waals surface area (Å²) in [5.41, 5.74) is 5.36. The summed E-state index contributed by atoms with van der Waals surface area (Å²) in [6.07, 6.45) is 33.6. The number of aliphatic hydroxyl groups excluding tert-OH is 1. The molecule has 1 N–H and O–H groups in total. The van der Waals surface area contributed by atoms with Gasteiger partial charge in [-0.1, -0.05) is 131 Å². The molecule has 0 heterocycles. The van der Waals surface area contributed by atoms with E-state index in [1.165, 1.54) is 122 Å². The van der Waals surface area contributed by atoms with Gasteiger partial charge in [-0.3, -0.25) is 0 Å². The SMILES string of the molecule is CC(C)CCC[C@@H](C)[C@H]1C(S)C[C@H]2[C@@H]3CC=C4C[C@@H](O)CC[C@]4(C)[C@H]3CC[C@]12C.CC(C)CCC[C@@H](C)[C@H]1CC[C@H]2[C@@H]3CC=C4C[C@@H](S)CC[C@]4(C)[C@H]3CC[C@]12C. The van der Waals surface area contributed by atoms with Crippen LogP contribution >= 0.6 is 25.3 Å². The zero-order chi connectivity index (χ0) is 41.1. The van der Waals surface area contributed by atoms with Gasteiger partial charge in [0.05, 0.1) is 6.10 Å². The average Bonchev–Trinajstić information content (AvgIpc) is 3.64. The molecule has 8 rings (SSSR count). The van der Waals surface area contributed by atoms with Gasteiger partial charge in [0.25, 0.3) is 0 Å². The van der Waals surface area contributed by atoms with Crippen molar-refractivity contribution in [3.63, 3.8) is 0 Å². The minimum absolute atomic E-state index is 0.0934. The number of hydrogen-bond donors (Lipinski definition) is 3. The predicted octanol–water partition coefficient (Wildman–Crippen LogP) is 15.6. The summed E-state index contributed by atoms with van der Waals surface area (Å²) in [6, 6.07) is 0. The van der Waals surface area contributed by atoms with E-state index >= 15 is 0 Å². The normalized spacial score (nSPS) is 47.2. The van der Waals surface area contributed by atoms with Crippen molar-refractivity contribution in [2.24, 2.45) is 92.7 Å². The van der Waals surface area contributed by atoms with Crippen LogP contribution in [-0.2, 0) is 0 Å². The van der Waals surface area contributed by atoms with Gasteiger partial charge in [-0.15, -0.1) is 0 Å². The van der Waals surface area contributed by atoms with Crippen molar-refractivity contribution in [2.75, 3.05) is 0 Å². The maximum atomic E-state index is 10.2. The van der Waals surface area contributed by atoms with Crippen LogP contribution in [0.4, 0.5) is 0 Å². The molecule has 0 spiro atoms. The second-order valence-corrected chi connectivity index (χ2v) is 25.9. The first kappa shape index (κ1) is 45.2. The molecule has 57 heavy (non-hydrogen) atoms. The topological polar surface area (TPSA) is 20.2 Å². The number of allylic oxidation sites excluding steroid dienone is 3. The van der Waals surface area contributed by atoms with E-state index in [1.54, 1.807) is 11.1 Å². The van der Waals surface area contributed by atoms with Crippen molar-refractivity contribution in [1.29, 1.82) is 0 Å². The lowest BCUT2D eigenvalue weighted by atomic mass is 9.47. The lowest BCUT2D eigenvalue weighted by Gasteiger charge is -2.58. The second kappa shape index (κ2) is 17.7. The fourth-order valence-corrected chi connectivity index (χ4v) is 18.6. The highest BCUT2D eigenvalue weighted by atomic mass is 32.1. The smallest absolute Gasteiger partial charge is 0.0577 e. The van der Waals surface area contributed by atoms with Crippen LogP contribution in [0.3, 0.4) is 0 Å². The fourth-order valence-electron chi connectivity index (χ4n) is 17.4. The van der Waals surface area contributed by atoms with Gasteiger partial charge in [-0.05, 0) is 189 Å². The van der Waals surface area contributed by atoms with E-state index in [9.17, 15) is 5.11 Å². The van der Waals surface area contributed by atoms with Gasteiger partial charge in [0.2, 0.25) is 0 Å². The highest BCUT2D eigenvalue weighted by Crippen LogP contribution is 2.69. The van der Waals surface area contributed by atoms with Crippen LogP contribution in [-0.4, -0.2) is 21.7 Å². The second-order valence-electron chi connectivity index (χ2n) is 24.5. The molecule has 3 heteroatoms. The lowest BCUT2D eigenvalue weighted by molar-refractivity contribution is -0.0571. The molecule has 0 amide bonds. The Hall–Kier alpha value is 0.140. The number of hydrogen-bond acceptors (Lipinski definition) is 3. The molecule has 6 saturated carbocycles. The molecule has 0 saturated heterocycles. The first-order valence-corrected chi connectivity index (χ1v) is 26.4. The summed E-state index contributed by atoms with van der Waals surface area (Å²) in [7, 11) is 0. The molecule has 8 aliphatic carbocycles. The Labute approximate surface area is 365 Å². The third-order valence-corrected chi connectivity index (χ3v) is 21.5. The lowest BCUT2D eigenvalue weighted by Crippen LogP contribution is -2.51. The van der Waals surface area contributed by atoms with Crippen LogP contribution in [0.2, 0.25) is 0 Å².